The van der Waals surface area contributed by atoms with Crippen LogP contribution in [0.4, 0.5) is 11.6 Å². The highest BCUT2D eigenvalue weighted by Crippen LogP contribution is 2.33. The predicted molar refractivity (Wildman–Crippen MR) is 98.3 cm³/mol. The molecule has 3 N–H and O–H groups in total. The summed E-state index contributed by atoms with van der Waals surface area (Å²) in [6.07, 6.45) is 8.55. The minimum absolute atomic E-state index is 0.207. The zero-order chi connectivity index (χ0) is 18.6. The lowest BCUT2D eigenvalue weighted by Gasteiger charge is -2.35. The van der Waals surface area contributed by atoms with E-state index in [1.807, 2.05) is 25.2 Å². The summed E-state index contributed by atoms with van der Waals surface area (Å²) in [6, 6.07) is 6.17. The quantitative estimate of drug-likeness (QED) is 0.608. The van der Waals surface area contributed by atoms with Crippen molar-refractivity contribution in [1.29, 1.82) is 5.26 Å². The Morgan fingerprint density at radius 3 is 2.85 bits per heavy atom. The summed E-state index contributed by atoms with van der Waals surface area (Å²) in [5.74, 6) is 1.86. The Hall–Kier alpha value is -3.51. The van der Waals surface area contributed by atoms with Gasteiger partial charge in [-0.2, -0.15) is 10.4 Å². The van der Waals surface area contributed by atoms with E-state index in [-0.39, 0.29) is 11.8 Å². The Kier molecular flexibility index (Phi) is 4.63. The number of pyridine rings is 1. The van der Waals surface area contributed by atoms with Crippen molar-refractivity contribution < 1.29 is 4.74 Å². The zero-order valence-electron chi connectivity index (χ0n) is 14.7. The summed E-state index contributed by atoms with van der Waals surface area (Å²) in [6.45, 7) is 0. The summed E-state index contributed by atoms with van der Waals surface area (Å²) in [5.41, 5.74) is 1.89. The van der Waals surface area contributed by atoms with Crippen molar-refractivity contribution in [2.45, 2.75) is 25.0 Å². The molecule has 1 aliphatic rings. The van der Waals surface area contributed by atoms with E-state index in [9.17, 15) is 0 Å². The first-order valence-corrected chi connectivity index (χ1v) is 8.58. The first kappa shape index (κ1) is 16.9. The van der Waals surface area contributed by atoms with Gasteiger partial charge in [0.15, 0.2) is 11.5 Å². The molecule has 0 amide bonds. The molecule has 3 heterocycles. The van der Waals surface area contributed by atoms with E-state index in [1.165, 1.54) is 12.4 Å². The highest BCUT2D eigenvalue weighted by atomic mass is 16.5. The summed E-state index contributed by atoms with van der Waals surface area (Å²) >= 11 is 0. The number of rotatable bonds is 6. The maximum Gasteiger partial charge on any atom is 0.158 e. The maximum atomic E-state index is 8.78. The van der Waals surface area contributed by atoms with Crippen LogP contribution in [0.25, 0.3) is 11.3 Å². The van der Waals surface area contributed by atoms with Crippen molar-refractivity contribution in [3.05, 3.63) is 42.6 Å². The van der Waals surface area contributed by atoms with Crippen molar-refractivity contribution in [2.75, 3.05) is 12.4 Å². The third-order valence-corrected chi connectivity index (χ3v) is 4.47. The molecule has 1 fully saturated rings. The van der Waals surface area contributed by atoms with Gasteiger partial charge in [-0.25, -0.2) is 9.97 Å². The normalized spacial score (nSPS) is 18.4. The van der Waals surface area contributed by atoms with Crippen LogP contribution >= 0.6 is 0 Å². The minimum Gasteiger partial charge on any atom is -0.489 e. The van der Waals surface area contributed by atoms with Gasteiger partial charge in [0, 0.05) is 24.5 Å². The molecule has 0 atom stereocenters. The van der Waals surface area contributed by atoms with Crippen molar-refractivity contribution in [3.8, 4) is 23.1 Å². The lowest BCUT2D eigenvalue weighted by molar-refractivity contribution is 0.0889. The van der Waals surface area contributed by atoms with Crippen molar-refractivity contribution in [1.82, 2.24) is 30.5 Å². The second kappa shape index (κ2) is 7.39. The number of anilines is 2. The number of nitrogens with one attached hydrogen (secondary N) is 3. The highest BCUT2D eigenvalue weighted by Gasteiger charge is 2.30. The minimum atomic E-state index is 0.207. The highest BCUT2D eigenvalue weighted by molar-refractivity contribution is 5.69. The number of nitriles is 1. The van der Waals surface area contributed by atoms with E-state index >= 15 is 0 Å². The van der Waals surface area contributed by atoms with Crippen LogP contribution < -0.4 is 15.4 Å². The standard InChI is InChI=1S/C18H18N8O/c1-20-11-4-13(5-11)27-16-2-3-21-9-14(16)15-6-17(26-25-15)24-18-10-22-12(7-19)8-23-18/h2-3,6,8-11,13,20H,4-5H2,1H3,(H2,23,24,25,26)/t11-,13-. The molecule has 3 aromatic rings. The average Bonchev–Trinajstić information content (AvgIpc) is 3.13. The molecule has 9 heteroatoms. The molecule has 0 radical (unpaired) electrons. The van der Waals surface area contributed by atoms with Gasteiger partial charge in [0.2, 0.25) is 0 Å². The third kappa shape index (κ3) is 3.70. The van der Waals surface area contributed by atoms with Crippen molar-refractivity contribution >= 4 is 11.6 Å². The Balaban J connectivity index is 1.49. The molecular formula is C18H18N8O. The fourth-order valence-corrected chi connectivity index (χ4v) is 2.87. The van der Waals surface area contributed by atoms with Gasteiger partial charge >= 0.3 is 0 Å². The van der Waals surface area contributed by atoms with Crippen LogP contribution in [-0.4, -0.2) is 44.3 Å². The van der Waals surface area contributed by atoms with Crippen molar-refractivity contribution in [3.63, 3.8) is 0 Å². The van der Waals surface area contributed by atoms with Gasteiger partial charge in [0.05, 0.1) is 23.7 Å². The summed E-state index contributed by atoms with van der Waals surface area (Å²) in [4.78, 5) is 12.3. The van der Waals surface area contributed by atoms with Crippen LogP contribution in [0.15, 0.2) is 36.9 Å². The Labute approximate surface area is 155 Å². The Bertz CT molecular complexity index is 956. The van der Waals surface area contributed by atoms with Gasteiger partial charge in [-0.1, -0.05) is 0 Å². The van der Waals surface area contributed by atoms with E-state index in [4.69, 9.17) is 10.00 Å². The largest absolute Gasteiger partial charge is 0.489 e. The molecule has 3 aromatic heterocycles. The van der Waals surface area contributed by atoms with Gasteiger partial charge in [-0.15, -0.1) is 0 Å². The lowest BCUT2D eigenvalue weighted by atomic mass is 9.89. The van der Waals surface area contributed by atoms with Gasteiger partial charge in [0.1, 0.15) is 23.7 Å². The number of aromatic nitrogens is 5. The second-order valence-corrected chi connectivity index (χ2v) is 6.26. The molecule has 0 aromatic carbocycles. The van der Waals surface area contributed by atoms with E-state index in [1.54, 1.807) is 12.4 Å². The van der Waals surface area contributed by atoms with Crippen LogP contribution in [0, 0.1) is 11.3 Å². The number of hydrogen-bond acceptors (Lipinski definition) is 8. The van der Waals surface area contributed by atoms with E-state index in [2.05, 4.69) is 35.8 Å². The molecule has 27 heavy (non-hydrogen) atoms. The Morgan fingerprint density at radius 1 is 1.22 bits per heavy atom. The molecule has 0 aliphatic heterocycles. The van der Waals surface area contributed by atoms with Crippen LogP contribution in [0.2, 0.25) is 0 Å². The molecule has 4 rings (SSSR count). The molecule has 0 saturated heterocycles. The zero-order valence-corrected chi connectivity index (χ0v) is 14.7. The summed E-state index contributed by atoms with van der Waals surface area (Å²) < 4.78 is 6.12. The number of hydrogen-bond donors (Lipinski definition) is 3. The number of aromatic amines is 1. The Morgan fingerprint density at radius 2 is 2.11 bits per heavy atom. The fraction of sp³-hybridized carbons (Fsp3) is 0.278. The monoisotopic (exact) mass is 362 g/mol. The van der Waals surface area contributed by atoms with Gasteiger partial charge in [-0.05, 0) is 26.0 Å². The van der Waals surface area contributed by atoms with E-state index < -0.39 is 0 Å². The molecule has 0 spiro atoms. The molecule has 0 unspecified atom stereocenters. The smallest absolute Gasteiger partial charge is 0.158 e. The number of ether oxygens (including phenoxy) is 1. The van der Waals surface area contributed by atoms with Gasteiger partial charge < -0.3 is 15.4 Å². The van der Waals surface area contributed by atoms with E-state index in [0.717, 1.165) is 29.8 Å². The maximum absolute atomic E-state index is 8.78. The fourth-order valence-electron chi connectivity index (χ4n) is 2.87. The molecule has 1 aliphatic carbocycles. The molecule has 0 bridgehead atoms. The van der Waals surface area contributed by atoms with Crippen LogP contribution in [0.5, 0.6) is 5.75 Å². The third-order valence-electron chi connectivity index (χ3n) is 4.47. The number of H-pyrrole nitrogens is 1. The summed E-state index contributed by atoms with van der Waals surface area (Å²) in [7, 11) is 1.97. The first-order chi connectivity index (χ1) is 13.2. The molecule has 9 nitrogen and oxygen atoms in total. The first-order valence-electron chi connectivity index (χ1n) is 8.58. The van der Waals surface area contributed by atoms with Gasteiger partial charge in [-0.3, -0.25) is 10.1 Å². The topological polar surface area (TPSA) is 124 Å². The average molecular weight is 362 g/mol. The van der Waals surface area contributed by atoms with Crippen molar-refractivity contribution in [2.24, 2.45) is 0 Å². The molecule has 136 valence electrons. The molecular weight excluding hydrogens is 344 g/mol. The SMILES string of the molecule is CN[C@H]1C[C@H](Oc2ccncc2-c2cc(Nc3cnc(C#N)cn3)n[nH]2)C1. The van der Waals surface area contributed by atoms with E-state index in [0.29, 0.717) is 17.7 Å². The van der Waals surface area contributed by atoms with Gasteiger partial charge in [0.25, 0.3) is 0 Å². The van der Waals surface area contributed by atoms with Crippen LogP contribution in [-0.2, 0) is 0 Å². The predicted octanol–water partition coefficient (Wildman–Crippen LogP) is 2.01. The van der Waals surface area contributed by atoms with Crippen LogP contribution in [0.3, 0.4) is 0 Å². The second-order valence-electron chi connectivity index (χ2n) is 6.26. The summed E-state index contributed by atoms with van der Waals surface area (Å²) in [5, 5.41) is 22.3. The van der Waals surface area contributed by atoms with Crippen LogP contribution in [0.1, 0.15) is 18.5 Å². The number of nitrogens with zero attached hydrogens (tertiary/aromatic N) is 5. The molecule has 1 saturated carbocycles. The lowest BCUT2D eigenvalue weighted by Crippen LogP contribution is -2.45.